The summed E-state index contributed by atoms with van der Waals surface area (Å²) in [5, 5.41) is 2.02. The van der Waals surface area contributed by atoms with E-state index < -0.39 is 17.6 Å². The van der Waals surface area contributed by atoms with Gasteiger partial charge in [-0.3, -0.25) is 0 Å². The summed E-state index contributed by atoms with van der Waals surface area (Å²) in [4.78, 5) is 0. The van der Waals surface area contributed by atoms with E-state index in [-0.39, 0.29) is 0 Å². The first-order valence-corrected chi connectivity index (χ1v) is 24.6. The molecule has 52 heavy (non-hydrogen) atoms. The molecule has 0 aliphatic heterocycles. The van der Waals surface area contributed by atoms with Gasteiger partial charge in [0.25, 0.3) is 0 Å². The zero-order valence-electron chi connectivity index (χ0n) is 34.2. The van der Waals surface area contributed by atoms with E-state index >= 15 is 0 Å². The van der Waals surface area contributed by atoms with Crippen LogP contribution in [0.3, 0.4) is 0 Å². The van der Waals surface area contributed by atoms with Crippen molar-refractivity contribution in [3.05, 3.63) is 66.2 Å². The Bertz CT molecular complexity index is 1040. The van der Waals surface area contributed by atoms with Crippen LogP contribution in [0.4, 0.5) is 0 Å². The van der Waals surface area contributed by atoms with Crippen molar-refractivity contribution in [2.24, 2.45) is 0 Å². The summed E-state index contributed by atoms with van der Waals surface area (Å²) in [7, 11) is -6.40. The van der Waals surface area contributed by atoms with Crippen LogP contribution in [0.2, 0.25) is 0 Å². The maximum atomic E-state index is 6.77. The van der Waals surface area contributed by atoms with Gasteiger partial charge in [0, 0.05) is 50.0 Å². The highest BCUT2D eigenvalue weighted by Gasteiger charge is 2.45. The van der Waals surface area contributed by atoms with E-state index in [2.05, 4.69) is 96.7 Å². The number of unbranched alkanes of at least 4 members (excludes halogenated alkanes) is 12. The molecule has 0 aliphatic rings. The number of benzene rings is 2. The molecular formula is C44H76O6Si2. The van der Waals surface area contributed by atoms with Crippen molar-refractivity contribution in [2.75, 3.05) is 39.6 Å². The molecule has 0 N–H and O–H groups in total. The van der Waals surface area contributed by atoms with E-state index in [9.17, 15) is 0 Å². The maximum Gasteiger partial charge on any atom is 0.537 e. The fraction of sp³-hybridized carbons (Fsp3) is 0.682. The van der Waals surface area contributed by atoms with Gasteiger partial charge in [-0.1, -0.05) is 162 Å². The highest BCUT2D eigenvalue weighted by atomic mass is 28.4. The van der Waals surface area contributed by atoms with Crippen LogP contribution in [-0.4, -0.2) is 57.3 Å². The summed E-state index contributed by atoms with van der Waals surface area (Å²) < 4.78 is 40.6. The number of rotatable bonds is 34. The zero-order valence-corrected chi connectivity index (χ0v) is 36.2. The molecule has 0 heterocycles. The number of hydrogen-bond acceptors (Lipinski definition) is 6. The third-order valence-corrected chi connectivity index (χ3v) is 14.9. The molecule has 296 valence electrons. The van der Waals surface area contributed by atoms with Crippen molar-refractivity contribution in [2.45, 2.75) is 157 Å². The summed E-state index contributed by atoms with van der Waals surface area (Å²) in [6.07, 6.45) is 19.6. The lowest BCUT2D eigenvalue weighted by molar-refractivity contribution is 0.0685. The van der Waals surface area contributed by atoms with Crippen molar-refractivity contribution >= 4 is 33.6 Å². The van der Waals surface area contributed by atoms with E-state index in [4.69, 9.17) is 26.6 Å². The molecule has 2 rings (SSSR count). The molecule has 0 aromatic heterocycles. The van der Waals surface area contributed by atoms with Gasteiger partial charge in [-0.15, -0.1) is 0 Å². The van der Waals surface area contributed by atoms with Crippen molar-refractivity contribution in [1.29, 1.82) is 0 Å². The lowest BCUT2D eigenvalue weighted by Crippen LogP contribution is -2.57. The SMILES string of the molecule is C=C(c1cccc([Si](OCCCCC)(OCCCCC)OCCCCC)c1)c1cccc([Si](OCCCCC)(OCCCCC)OCCCCC)c1. The fourth-order valence-corrected chi connectivity index (χ4v) is 11.3. The minimum atomic E-state index is -3.20. The number of hydrogen-bond donors (Lipinski definition) is 0. The quantitative estimate of drug-likeness (QED) is 0.0523. The molecule has 0 saturated carbocycles. The topological polar surface area (TPSA) is 55.4 Å². The molecule has 0 radical (unpaired) electrons. The molecule has 0 amide bonds. The Labute approximate surface area is 322 Å². The van der Waals surface area contributed by atoms with Gasteiger partial charge in [0.15, 0.2) is 0 Å². The van der Waals surface area contributed by atoms with Crippen LogP contribution in [0.15, 0.2) is 55.1 Å². The summed E-state index contributed by atoms with van der Waals surface area (Å²) in [6.45, 7) is 21.8. The smallest absolute Gasteiger partial charge is 0.370 e. The Morgan fingerprint density at radius 3 is 0.885 bits per heavy atom. The first kappa shape index (κ1) is 46.5. The summed E-state index contributed by atoms with van der Waals surface area (Å²) >= 11 is 0. The minimum absolute atomic E-state index is 0.635. The zero-order chi connectivity index (χ0) is 37.8. The molecule has 2 aromatic carbocycles. The van der Waals surface area contributed by atoms with Gasteiger partial charge >= 0.3 is 17.6 Å². The van der Waals surface area contributed by atoms with Gasteiger partial charge in [0.1, 0.15) is 0 Å². The molecule has 2 aromatic rings. The average molecular weight is 757 g/mol. The highest BCUT2D eigenvalue weighted by Crippen LogP contribution is 2.24. The molecule has 0 aliphatic carbocycles. The molecule has 8 heteroatoms. The van der Waals surface area contributed by atoms with Crippen LogP contribution in [0.25, 0.3) is 5.57 Å². The predicted molar refractivity (Wildman–Crippen MR) is 225 cm³/mol. The third-order valence-electron chi connectivity index (χ3n) is 9.37. The Morgan fingerprint density at radius 1 is 0.404 bits per heavy atom. The Morgan fingerprint density at radius 2 is 0.654 bits per heavy atom. The monoisotopic (exact) mass is 757 g/mol. The largest absolute Gasteiger partial charge is 0.537 e. The van der Waals surface area contributed by atoms with Crippen LogP contribution >= 0.6 is 0 Å². The first-order valence-electron chi connectivity index (χ1n) is 21.2. The van der Waals surface area contributed by atoms with E-state index in [1.807, 2.05) is 0 Å². The summed E-state index contributed by atoms with van der Waals surface area (Å²) in [6, 6.07) is 17.2. The maximum absolute atomic E-state index is 6.77. The van der Waals surface area contributed by atoms with Gasteiger partial charge in [0.05, 0.1) is 0 Å². The second-order valence-electron chi connectivity index (χ2n) is 14.1. The fourth-order valence-electron chi connectivity index (χ4n) is 6.06. The van der Waals surface area contributed by atoms with Gasteiger partial charge < -0.3 is 26.6 Å². The molecule has 0 atom stereocenters. The van der Waals surface area contributed by atoms with Gasteiger partial charge in [-0.25, -0.2) is 0 Å². The molecule has 0 spiro atoms. The average Bonchev–Trinajstić information content (AvgIpc) is 3.18. The van der Waals surface area contributed by atoms with Crippen LogP contribution < -0.4 is 10.4 Å². The first-order chi connectivity index (χ1) is 25.5. The van der Waals surface area contributed by atoms with E-state index in [0.717, 1.165) is 143 Å². The van der Waals surface area contributed by atoms with E-state index in [1.165, 1.54) is 0 Å². The molecule has 0 saturated heterocycles. The molecule has 0 unspecified atom stereocenters. The predicted octanol–water partition coefficient (Wildman–Crippen LogP) is 11.3. The summed E-state index contributed by atoms with van der Waals surface area (Å²) in [5.41, 5.74) is 2.99. The highest BCUT2D eigenvalue weighted by molar-refractivity contribution is 6.76. The molecular weight excluding hydrogens is 681 g/mol. The molecule has 0 bridgehead atoms. The van der Waals surface area contributed by atoms with Crippen molar-refractivity contribution < 1.29 is 26.6 Å². The molecule has 6 nitrogen and oxygen atoms in total. The van der Waals surface area contributed by atoms with Crippen LogP contribution in [-0.2, 0) is 26.6 Å². The third kappa shape index (κ3) is 16.8. The van der Waals surface area contributed by atoms with Gasteiger partial charge in [-0.2, -0.15) is 0 Å². The second-order valence-corrected chi connectivity index (χ2v) is 19.2. The minimum Gasteiger partial charge on any atom is -0.370 e. The Kier molecular flexibility index (Phi) is 25.7. The van der Waals surface area contributed by atoms with Gasteiger partial charge in [0.2, 0.25) is 0 Å². The van der Waals surface area contributed by atoms with E-state index in [1.54, 1.807) is 0 Å². The Balaban J connectivity index is 2.54. The van der Waals surface area contributed by atoms with Crippen molar-refractivity contribution in [3.8, 4) is 0 Å². The van der Waals surface area contributed by atoms with Crippen molar-refractivity contribution in [1.82, 2.24) is 0 Å². The lowest BCUT2D eigenvalue weighted by Gasteiger charge is -2.31. The van der Waals surface area contributed by atoms with Crippen LogP contribution in [0.5, 0.6) is 0 Å². The van der Waals surface area contributed by atoms with E-state index in [0.29, 0.717) is 39.6 Å². The lowest BCUT2D eigenvalue weighted by atomic mass is 10.00. The Hall–Kier alpha value is -1.63. The molecule has 0 fully saturated rings. The van der Waals surface area contributed by atoms with Gasteiger partial charge in [-0.05, 0) is 67.4 Å². The summed E-state index contributed by atoms with van der Waals surface area (Å²) in [5.74, 6) is 0. The van der Waals surface area contributed by atoms with Crippen molar-refractivity contribution in [3.63, 3.8) is 0 Å². The van der Waals surface area contributed by atoms with Crippen LogP contribution in [0, 0.1) is 0 Å². The van der Waals surface area contributed by atoms with Crippen LogP contribution in [0.1, 0.15) is 168 Å². The second kappa shape index (κ2) is 28.8. The standard InChI is InChI=1S/C44H76O6Si2/c1-8-14-20-32-45-51(46-33-21-15-9-2,47-34-22-16-10-3)43-30-26-28-41(38-43)40(7)42-29-27-31-44(39-42)52(48-35-23-17-11-4,49-36-24-18-12-5)50-37-25-19-13-6/h26-31,38-39H,7-25,32-37H2,1-6H3. The normalized spacial score (nSPS) is 12.1.